The second kappa shape index (κ2) is 5.40. The number of aromatic nitrogens is 3. The van der Waals surface area contributed by atoms with Crippen molar-refractivity contribution in [2.24, 2.45) is 0 Å². The highest BCUT2D eigenvalue weighted by Crippen LogP contribution is 2.19. The summed E-state index contributed by atoms with van der Waals surface area (Å²) in [6.45, 7) is 2.40. The smallest absolute Gasteiger partial charge is 0.269 e. The number of ether oxygens (including phenoxy) is 1. The molecule has 3 aromatic rings. The van der Waals surface area contributed by atoms with Gasteiger partial charge in [0, 0.05) is 11.6 Å². The molecule has 3 rings (SSSR count). The van der Waals surface area contributed by atoms with Gasteiger partial charge in [0.15, 0.2) is 0 Å². The predicted octanol–water partition coefficient (Wildman–Crippen LogP) is 2.00. The maximum absolute atomic E-state index is 12.2. The summed E-state index contributed by atoms with van der Waals surface area (Å²) >= 11 is 0. The molecule has 0 fully saturated rings. The standard InChI is InChI=1S/C15H15N3O3/c1-3-12-10(9-21-17-12)8-18-14-6-11(20-2)4-5-13(14)16-7-15(18)19/h4-7,9H,3,8H2,1-2H3. The first-order valence-electron chi connectivity index (χ1n) is 6.68. The Morgan fingerprint density at radius 2 is 2.24 bits per heavy atom. The number of fused-ring (bicyclic) bond motifs is 1. The van der Waals surface area contributed by atoms with Gasteiger partial charge < -0.3 is 13.8 Å². The molecule has 6 nitrogen and oxygen atoms in total. The van der Waals surface area contributed by atoms with E-state index in [1.165, 1.54) is 6.20 Å². The van der Waals surface area contributed by atoms with Crippen LogP contribution < -0.4 is 10.3 Å². The van der Waals surface area contributed by atoms with Crippen molar-refractivity contribution in [3.05, 3.63) is 52.3 Å². The molecule has 0 aliphatic carbocycles. The normalized spacial score (nSPS) is 11.0. The molecule has 0 amide bonds. The monoisotopic (exact) mass is 285 g/mol. The lowest BCUT2D eigenvalue weighted by Gasteiger charge is -2.10. The van der Waals surface area contributed by atoms with Crippen LogP contribution in [0.15, 0.2) is 40.0 Å². The Hall–Kier alpha value is -2.63. The lowest BCUT2D eigenvalue weighted by molar-refractivity contribution is 0.412. The van der Waals surface area contributed by atoms with Gasteiger partial charge in [-0.3, -0.25) is 4.79 Å². The second-order valence-electron chi connectivity index (χ2n) is 4.68. The molecule has 0 unspecified atom stereocenters. The topological polar surface area (TPSA) is 70.2 Å². The predicted molar refractivity (Wildman–Crippen MR) is 77.5 cm³/mol. The summed E-state index contributed by atoms with van der Waals surface area (Å²) in [7, 11) is 1.59. The molecular formula is C15H15N3O3. The van der Waals surface area contributed by atoms with Crippen molar-refractivity contribution in [2.45, 2.75) is 19.9 Å². The fourth-order valence-electron chi connectivity index (χ4n) is 2.30. The van der Waals surface area contributed by atoms with E-state index in [1.54, 1.807) is 17.9 Å². The molecule has 108 valence electrons. The number of nitrogens with zero attached hydrogens (tertiary/aromatic N) is 3. The minimum absolute atomic E-state index is 0.168. The molecule has 0 spiro atoms. The molecule has 2 aromatic heterocycles. The molecule has 0 N–H and O–H groups in total. The number of benzene rings is 1. The van der Waals surface area contributed by atoms with E-state index in [1.807, 2.05) is 25.1 Å². The maximum Gasteiger partial charge on any atom is 0.269 e. The Bertz CT molecular complexity index is 836. The minimum Gasteiger partial charge on any atom is -0.497 e. The van der Waals surface area contributed by atoms with E-state index in [-0.39, 0.29) is 5.56 Å². The number of rotatable bonds is 4. The van der Waals surface area contributed by atoms with Crippen LogP contribution in [0.25, 0.3) is 11.0 Å². The minimum atomic E-state index is -0.168. The van der Waals surface area contributed by atoms with Gasteiger partial charge in [0.05, 0.1) is 36.6 Å². The van der Waals surface area contributed by atoms with Crippen molar-refractivity contribution in [3.63, 3.8) is 0 Å². The van der Waals surface area contributed by atoms with Crippen LogP contribution in [0.1, 0.15) is 18.2 Å². The van der Waals surface area contributed by atoms with Crippen LogP contribution in [0.3, 0.4) is 0 Å². The summed E-state index contributed by atoms with van der Waals surface area (Å²) in [5, 5.41) is 3.94. The van der Waals surface area contributed by atoms with Crippen molar-refractivity contribution < 1.29 is 9.26 Å². The summed E-state index contributed by atoms with van der Waals surface area (Å²) in [5.41, 5.74) is 3.05. The molecule has 0 aliphatic rings. The van der Waals surface area contributed by atoms with Crippen LogP contribution in [-0.4, -0.2) is 21.8 Å². The molecule has 0 bridgehead atoms. The van der Waals surface area contributed by atoms with Gasteiger partial charge >= 0.3 is 0 Å². The molecule has 21 heavy (non-hydrogen) atoms. The van der Waals surface area contributed by atoms with Gasteiger partial charge in [-0.15, -0.1) is 0 Å². The van der Waals surface area contributed by atoms with Gasteiger partial charge in [0.25, 0.3) is 5.56 Å². The summed E-state index contributed by atoms with van der Waals surface area (Å²) in [6, 6.07) is 5.46. The number of aryl methyl sites for hydroxylation is 1. The maximum atomic E-state index is 12.2. The first-order valence-corrected chi connectivity index (χ1v) is 6.68. The second-order valence-corrected chi connectivity index (χ2v) is 4.68. The van der Waals surface area contributed by atoms with Crippen molar-refractivity contribution in [1.82, 2.24) is 14.7 Å². The van der Waals surface area contributed by atoms with E-state index in [2.05, 4.69) is 10.1 Å². The third-order valence-electron chi connectivity index (χ3n) is 3.45. The average molecular weight is 285 g/mol. The number of hydrogen-bond donors (Lipinski definition) is 0. The molecule has 6 heteroatoms. The Morgan fingerprint density at radius 1 is 1.38 bits per heavy atom. The van der Waals surface area contributed by atoms with Gasteiger partial charge in [-0.25, -0.2) is 4.98 Å². The molecule has 0 radical (unpaired) electrons. The van der Waals surface area contributed by atoms with Gasteiger partial charge in [0.1, 0.15) is 12.0 Å². The number of hydrogen-bond acceptors (Lipinski definition) is 5. The summed E-state index contributed by atoms with van der Waals surface area (Å²) in [5.74, 6) is 0.685. The lowest BCUT2D eigenvalue weighted by atomic mass is 10.2. The molecule has 0 atom stereocenters. The van der Waals surface area contributed by atoms with Crippen LogP contribution in [0.4, 0.5) is 0 Å². The Morgan fingerprint density at radius 3 is 3.00 bits per heavy atom. The van der Waals surface area contributed by atoms with Gasteiger partial charge in [-0.2, -0.15) is 0 Å². The highest BCUT2D eigenvalue weighted by molar-refractivity contribution is 5.76. The zero-order valence-corrected chi connectivity index (χ0v) is 11.9. The van der Waals surface area contributed by atoms with Gasteiger partial charge in [-0.1, -0.05) is 12.1 Å². The Labute approximate surface area is 121 Å². The highest BCUT2D eigenvalue weighted by Gasteiger charge is 2.11. The van der Waals surface area contributed by atoms with Crippen LogP contribution in [0.5, 0.6) is 5.75 Å². The van der Waals surface area contributed by atoms with Crippen molar-refractivity contribution in [2.75, 3.05) is 7.11 Å². The van der Waals surface area contributed by atoms with Crippen LogP contribution in [0.2, 0.25) is 0 Å². The van der Waals surface area contributed by atoms with E-state index in [0.717, 1.165) is 28.7 Å². The van der Waals surface area contributed by atoms with E-state index in [9.17, 15) is 4.79 Å². The zero-order valence-electron chi connectivity index (χ0n) is 11.9. The summed E-state index contributed by atoms with van der Waals surface area (Å²) in [4.78, 5) is 16.3. The van der Waals surface area contributed by atoms with Crippen molar-refractivity contribution in [1.29, 1.82) is 0 Å². The highest BCUT2D eigenvalue weighted by atomic mass is 16.5. The van der Waals surface area contributed by atoms with E-state index in [4.69, 9.17) is 9.26 Å². The third-order valence-corrected chi connectivity index (χ3v) is 3.45. The Kier molecular flexibility index (Phi) is 3.43. The molecule has 0 saturated heterocycles. The Balaban J connectivity index is 2.16. The average Bonchev–Trinajstić information content (AvgIpc) is 2.97. The molecule has 0 aliphatic heterocycles. The van der Waals surface area contributed by atoms with Crippen LogP contribution in [0, 0.1) is 0 Å². The molecule has 1 aromatic carbocycles. The molecule has 2 heterocycles. The third kappa shape index (κ3) is 2.40. The van der Waals surface area contributed by atoms with Crippen LogP contribution in [-0.2, 0) is 13.0 Å². The SMILES string of the molecule is CCc1nocc1Cn1c(=O)cnc2ccc(OC)cc21. The van der Waals surface area contributed by atoms with Crippen molar-refractivity contribution in [3.8, 4) is 5.75 Å². The van der Waals surface area contributed by atoms with Crippen molar-refractivity contribution >= 4 is 11.0 Å². The number of methoxy groups -OCH3 is 1. The quantitative estimate of drug-likeness (QED) is 0.733. The zero-order chi connectivity index (χ0) is 14.8. The first-order chi connectivity index (χ1) is 10.2. The molecular weight excluding hydrogens is 270 g/mol. The van der Waals surface area contributed by atoms with Crippen LogP contribution >= 0.6 is 0 Å². The summed E-state index contributed by atoms with van der Waals surface area (Å²) < 4.78 is 11.9. The fourth-order valence-corrected chi connectivity index (χ4v) is 2.30. The first kappa shape index (κ1) is 13.4. The van der Waals surface area contributed by atoms with Gasteiger partial charge in [0.2, 0.25) is 0 Å². The summed E-state index contributed by atoms with van der Waals surface area (Å²) in [6.07, 6.45) is 3.67. The lowest BCUT2D eigenvalue weighted by Crippen LogP contribution is -2.21. The molecule has 0 saturated carbocycles. The fraction of sp³-hybridized carbons (Fsp3) is 0.267. The van der Waals surface area contributed by atoms with E-state index < -0.39 is 0 Å². The van der Waals surface area contributed by atoms with E-state index in [0.29, 0.717) is 12.3 Å². The van der Waals surface area contributed by atoms with E-state index >= 15 is 0 Å². The largest absolute Gasteiger partial charge is 0.497 e. The van der Waals surface area contributed by atoms with Gasteiger partial charge in [-0.05, 0) is 18.6 Å².